The second-order valence-electron chi connectivity index (χ2n) is 6.76. The molecule has 0 radical (unpaired) electrons. The number of morpholine rings is 1. The van der Waals surface area contributed by atoms with Gasteiger partial charge >= 0.3 is 0 Å². The zero-order chi connectivity index (χ0) is 20.1. The molecule has 2 aromatic rings. The number of nitrogens with one attached hydrogen (secondary N) is 2. The van der Waals surface area contributed by atoms with Gasteiger partial charge in [0.25, 0.3) is 0 Å². The molecule has 28 heavy (non-hydrogen) atoms. The Kier molecular flexibility index (Phi) is 6.33. The van der Waals surface area contributed by atoms with E-state index in [1.165, 1.54) is 4.31 Å². The molecule has 1 aliphatic heterocycles. The van der Waals surface area contributed by atoms with E-state index in [9.17, 15) is 13.2 Å². The van der Waals surface area contributed by atoms with Gasteiger partial charge in [0, 0.05) is 24.5 Å². The Morgan fingerprint density at radius 1 is 1.07 bits per heavy atom. The predicted octanol–water partition coefficient (Wildman–Crippen LogP) is 2.37. The minimum absolute atomic E-state index is 0.0862. The fraction of sp³-hybridized carbons (Fsp3) is 0.350. The standard InChI is InChI=1S/C20H25N3O4S/c1-15-3-8-19(16(2)13-15)22-20(24)14-21-17-4-6-18(7-5-17)28(25,26)23-9-11-27-12-10-23/h3-8,13,21H,9-12,14H2,1-2H3,(H,22,24). The zero-order valence-corrected chi connectivity index (χ0v) is 16.9. The number of nitrogens with zero attached hydrogens (tertiary/aromatic N) is 1. The van der Waals surface area contributed by atoms with Crippen molar-refractivity contribution in [2.45, 2.75) is 18.7 Å². The van der Waals surface area contributed by atoms with Crippen molar-refractivity contribution in [1.82, 2.24) is 4.31 Å². The van der Waals surface area contributed by atoms with Crippen LogP contribution in [-0.2, 0) is 19.6 Å². The van der Waals surface area contributed by atoms with Crippen LogP contribution in [0.2, 0.25) is 0 Å². The highest BCUT2D eigenvalue weighted by Gasteiger charge is 2.26. The molecular weight excluding hydrogens is 378 g/mol. The van der Waals surface area contributed by atoms with E-state index in [0.717, 1.165) is 16.8 Å². The van der Waals surface area contributed by atoms with E-state index in [0.29, 0.717) is 32.0 Å². The minimum atomic E-state index is -3.51. The van der Waals surface area contributed by atoms with Crippen LogP contribution >= 0.6 is 0 Å². The summed E-state index contributed by atoms with van der Waals surface area (Å²) < 4.78 is 31.9. The minimum Gasteiger partial charge on any atom is -0.379 e. The van der Waals surface area contributed by atoms with Crippen molar-refractivity contribution in [1.29, 1.82) is 0 Å². The lowest BCUT2D eigenvalue weighted by Crippen LogP contribution is -2.40. The van der Waals surface area contributed by atoms with Crippen molar-refractivity contribution in [3.63, 3.8) is 0 Å². The lowest BCUT2D eigenvalue weighted by molar-refractivity contribution is -0.114. The van der Waals surface area contributed by atoms with Crippen LogP contribution in [0.25, 0.3) is 0 Å². The maximum atomic E-state index is 12.6. The summed E-state index contributed by atoms with van der Waals surface area (Å²) in [5.74, 6) is -0.169. The maximum Gasteiger partial charge on any atom is 0.243 e. The summed E-state index contributed by atoms with van der Waals surface area (Å²) in [5.41, 5.74) is 3.60. The molecule has 0 bridgehead atoms. The number of hydrogen-bond acceptors (Lipinski definition) is 5. The van der Waals surface area contributed by atoms with E-state index in [-0.39, 0.29) is 17.3 Å². The van der Waals surface area contributed by atoms with Gasteiger partial charge < -0.3 is 15.4 Å². The van der Waals surface area contributed by atoms with Crippen LogP contribution in [0.1, 0.15) is 11.1 Å². The second-order valence-corrected chi connectivity index (χ2v) is 8.70. The van der Waals surface area contributed by atoms with Gasteiger partial charge in [0.1, 0.15) is 0 Å². The molecule has 2 aromatic carbocycles. The monoisotopic (exact) mass is 403 g/mol. The van der Waals surface area contributed by atoms with E-state index in [4.69, 9.17) is 4.74 Å². The highest BCUT2D eigenvalue weighted by molar-refractivity contribution is 7.89. The van der Waals surface area contributed by atoms with Crippen LogP contribution < -0.4 is 10.6 Å². The van der Waals surface area contributed by atoms with E-state index in [1.807, 2.05) is 32.0 Å². The quantitative estimate of drug-likeness (QED) is 0.773. The number of sulfonamides is 1. The molecular formula is C20H25N3O4S. The van der Waals surface area contributed by atoms with Crippen molar-refractivity contribution in [2.75, 3.05) is 43.5 Å². The number of hydrogen-bond donors (Lipinski definition) is 2. The van der Waals surface area contributed by atoms with Crippen molar-refractivity contribution < 1.29 is 17.9 Å². The van der Waals surface area contributed by atoms with Gasteiger partial charge in [-0.15, -0.1) is 0 Å². The molecule has 1 fully saturated rings. The first-order chi connectivity index (χ1) is 13.4. The molecule has 2 N–H and O–H groups in total. The van der Waals surface area contributed by atoms with Crippen molar-refractivity contribution in [3.8, 4) is 0 Å². The topological polar surface area (TPSA) is 87.7 Å². The molecule has 0 saturated carbocycles. The average Bonchev–Trinajstić information content (AvgIpc) is 2.69. The Labute approximate surface area is 165 Å². The lowest BCUT2D eigenvalue weighted by atomic mass is 10.1. The summed E-state index contributed by atoms with van der Waals surface area (Å²) in [5, 5.41) is 5.88. The van der Waals surface area contributed by atoms with Crippen LogP contribution in [0, 0.1) is 13.8 Å². The summed E-state index contributed by atoms with van der Waals surface area (Å²) in [6.07, 6.45) is 0. The molecule has 7 nitrogen and oxygen atoms in total. The lowest BCUT2D eigenvalue weighted by Gasteiger charge is -2.26. The first kappa shape index (κ1) is 20.3. The van der Waals surface area contributed by atoms with E-state index in [2.05, 4.69) is 10.6 Å². The number of amides is 1. The third-order valence-corrected chi connectivity index (χ3v) is 6.48. The van der Waals surface area contributed by atoms with Crippen molar-refractivity contribution in [3.05, 3.63) is 53.6 Å². The van der Waals surface area contributed by atoms with Gasteiger partial charge in [0.05, 0.1) is 24.7 Å². The third-order valence-electron chi connectivity index (χ3n) is 4.57. The number of carbonyl (C=O) groups is 1. The molecule has 8 heteroatoms. The van der Waals surface area contributed by atoms with E-state index < -0.39 is 10.0 Å². The summed E-state index contributed by atoms with van der Waals surface area (Å²) in [6.45, 7) is 5.58. The summed E-state index contributed by atoms with van der Waals surface area (Å²) in [7, 11) is -3.51. The van der Waals surface area contributed by atoms with Crippen LogP contribution in [0.4, 0.5) is 11.4 Å². The van der Waals surface area contributed by atoms with Crippen LogP contribution in [0.3, 0.4) is 0 Å². The maximum absolute atomic E-state index is 12.6. The zero-order valence-electron chi connectivity index (χ0n) is 16.1. The van der Waals surface area contributed by atoms with Gasteiger partial charge in [-0.25, -0.2) is 8.42 Å². The van der Waals surface area contributed by atoms with E-state index >= 15 is 0 Å². The molecule has 0 unspecified atom stereocenters. The van der Waals surface area contributed by atoms with Gasteiger partial charge in [0.2, 0.25) is 15.9 Å². The predicted molar refractivity (Wildman–Crippen MR) is 109 cm³/mol. The fourth-order valence-electron chi connectivity index (χ4n) is 3.01. The summed E-state index contributed by atoms with van der Waals surface area (Å²) in [4.78, 5) is 12.4. The van der Waals surface area contributed by atoms with E-state index in [1.54, 1.807) is 24.3 Å². The van der Waals surface area contributed by atoms with Gasteiger partial charge in [0.15, 0.2) is 0 Å². The first-order valence-corrected chi connectivity index (χ1v) is 10.6. The number of carbonyl (C=O) groups excluding carboxylic acids is 1. The van der Waals surface area contributed by atoms with Gasteiger partial charge in [-0.05, 0) is 49.7 Å². The summed E-state index contributed by atoms with van der Waals surface area (Å²) >= 11 is 0. The molecule has 0 atom stereocenters. The highest BCUT2D eigenvalue weighted by atomic mass is 32.2. The van der Waals surface area contributed by atoms with Crippen molar-refractivity contribution >= 4 is 27.3 Å². The van der Waals surface area contributed by atoms with Gasteiger partial charge in [-0.2, -0.15) is 4.31 Å². The number of benzene rings is 2. The Bertz CT molecular complexity index is 936. The molecule has 0 aliphatic carbocycles. The van der Waals surface area contributed by atoms with Crippen LogP contribution in [0.15, 0.2) is 47.4 Å². The molecule has 3 rings (SSSR count). The Hall–Kier alpha value is -2.42. The van der Waals surface area contributed by atoms with Gasteiger partial charge in [-0.3, -0.25) is 4.79 Å². The SMILES string of the molecule is Cc1ccc(NC(=O)CNc2ccc(S(=O)(=O)N3CCOCC3)cc2)c(C)c1. The molecule has 1 saturated heterocycles. The smallest absolute Gasteiger partial charge is 0.243 e. The number of ether oxygens (including phenoxy) is 1. The third kappa shape index (κ3) is 4.89. The number of rotatable bonds is 6. The fourth-order valence-corrected chi connectivity index (χ4v) is 4.42. The second kappa shape index (κ2) is 8.72. The first-order valence-electron chi connectivity index (χ1n) is 9.15. The Morgan fingerprint density at radius 3 is 2.39 bits per heavy atom. The summed E-state index contributed by atoms with van der Waals surface area (Å²) in [6, 6.07) is 12.3. The largest absolute Gasteiger partial charge is 0.379 e. The van der Waals surface area contributed by atoms with Crippen molar-refractivity contribution in [2.24, 2.45) is 0 Å². The van der Waals surface area contributed by atoms with Gasteiger partial charge in [-0.1, -0.05) is 17.7 Å². The normalized spacial score (nSPS) is 15.2. The molecule has 1 heterocycles. The Morgan fingerprint density at radius 2 is 1.75 bits per heavy atom. The molecule has 0 aromatic heterocycles. The Balaban J connectivity index is 1.57. The molecule has 150 valence electrons. The number of aryl methyl sites for hydroxylation is 2. The highest BCUT2D eigenvalue weighted by Crippen LogP contribution is 2.20. The molecule has 1 amide bonds. The van der Waals surface area contributed by atoms with Crippen LogP contribution in [-0.4, -0.2) is 51.5 Å². The average molecular weight is 404 g/mol. The molecule has 1 aliphatic rings. The number of anilines is 2. The molecule has 0 spiro atoms. The van der Waals surface area contributed by atoms with Crippen LogP contribution in [0.5, 0.6) is 0 Å².